The van der Waals surface area contributed by atoms with E-state index in [4.69, 9.17) is 24.5 Å². The second-order valence-corrected chi connectivity index (χ2v) is 4.30. The first-order valence-electron chi connectivity index (χ1n) is 6.53. The number of rotatable bonds is 6. The van der Waals surface area contributed by atoms with Crippen molar-refractivity contribution in [2.24, 2.45) is 5.73 Å². The monoisotopic (exact) mass is 293 g/mol. The number of hydrogen-bond acceptors (Lipinski definition) is 7. The summed E-state index contributed by atoms with van der Waals surface area (Å²) in [5.41, 5.74) is 6.91. The third kappa shape index (κ3) is 2.78. The van der Waals surface area contributed by atoms with Crippen molar-refractivity contribution in [1.82, 2.24) is 10.1 Å². The Bertz CT molecular complexity index is 612. The van der Waals surface area contributed by atoms with E-state index in [2.05, 4.69) is 10.1 Å². The predicted octanol–water partition coefficient (Wildman–Crippen LogP) is 1.71. The Labute approximate surface area is 123 Å². The quantitative estimate of drug-likeness (QED) is 0.866. The Kier molecular flexibility index (Phi) is 4.64. The van der Waals surface area contributed by atoms with Crippen LogP contribution < -0.4 is 19.9 Å². The van der Waals surface area contributed by atoms with Gasteiger partial charge in [-0.2, -0.15) is 4.98 Å². The van der Waals surface area contributed by atoms with Gasteiger partial charge in [-0.15, -0.1) is 0 Å². The predicted molar refractivity (Wildman–Crippen MR) is 75.8 cm³/mol. The summed E-state index contributed by atoms with van der Waals surface area (Å²) in [6.45, 7) is 1.93. The fourth-order valence-corrected chi connectivity index (χ4v) is 2.05. The summed E-state index contributed by atoms with van der Waals surface area (Å²) < 4.78 is 21.1. The van der Waals surface area contributed by atoms with Gasteiger partial charge in [0.05, 0.1) is 27.4 Å². The molecular weight excluding hydrogens is 274 g/mol. The zero-order valence-corrected chi connectivity index (χ0v) is 12.5. The molecule has 0 bridgehead atoms. The summed E-state index contributed by atoms with van der Waals surface area (Å²) in [5, 5.41) is 3.90. The molecule has 0 amide bonds. The molecule has 0 aliphatic carbocycles. The molecule has 0 aliphatic rings. The van der Waals surface area contributed by atoms with Crippen LogP contribution in [0.15, 0.2) is 16.7 Å². The Morgan fingerprint density at radius 2 is 1.86 bits per heavy atom. The third-order valence-electron chi connectivity index (χ3n) is 3.13. The average Bonchev–Trinajstić information content (AvgIpc) is 3.01. The molecule has 0 spiro atoms. The summed E-state index contributed by atoms with van der Waals surface area (Å²) in [4.78, 5) is 4.25. The lowest BCUT2D eigenvalue weighted by Crippen LogP contribution is -2.15. The van der Waals surface area contributed by atoms with Crippen molar-refractivity contribution in [2.45, 2.75) is 19.4 Å². The molecule has 2 N–H and O–H groups in total. The van der Waals surface area contributed by atoms with E-state index in [0.717, 1.165) is 0 Å². The highest BCUT2D eigenvalue weighted by Crippen LogP contribution is 2.42. The number of ether oxygens (including phenoxy) is 3. The van der Waals surface area contributed by atoms with Crippen molar-refractivity contribution in [2.75, 3.05) is 21.3 Å². The van der Waals surface area contributed by atoms with Crippen molar-refractivity contribution in [3.63, 3.8) is 0 Å². The number of aromatic nitrogens is 2. The molecule has 21 heavy (non-hydrogen) atoms. The molecule has 7 heteroatoms. The van der Waals surface area contributed by atoms with Crippen LogP contribution in [0.5, 0.6) is 17.2 Å². The molecule has 2 rings (SSSR count). The minimum atomic E-state index is -0.580. The molecule has 1 heterocycles. The zero-order valence-electron chi connectivity index (χ0n) is 12.5. The molecule has 1 atom stereocenters. The van der Waals surface area contributed by atoms with Crippen molar-refractivity contribution in [3.8, 4) is 17.2 Å². The molecule has 1 aromatic carbocycles. The van der Waals surface area contributed by atoms with Gasteiger partial charge in [-0.25, -0.2) is 0 Å². The van der Waals surface area contributed by atoms with Gasteiger partial charge in [0.1, 0.15) is 0 Å². The van der Waals surface area contributed by atoms with Gasteiger partial charge in [0, 0.05) is 12.0 Å². The summed E-state index contributed by atoms with van der Waals surface area (Å²) in [6, 6.07) is 2.98. The first kappa shape index (κ1) is 15.1. The van der Waals surface area contributed by atoms with Crippen LogP contribution in [0.3, 0.4) is 0 Å². The first-order valence-corrected chi connectivity index (χ1v) is 6.53. The van der Waals surface area contributed by atoms with E-state index in [1.165, 1.54) is 0 Å². The maximum Gasteiger partial charge on any atom is 0.226 e. The second-order valence-electron chi connectivity index (χ2n) is 4.30. The zero-order chi connectivity index (χ0) is 15.4. The number of methoxy groups -OCH3 is 3. The molecule has 1 aromatic heterocycles. The Balaban J connectivity index is 2.47. The smallest absolute Gasteiger partial charge is 0.226 e. The third-order valence-corrected chi connectivity index (χ3v) is 3.13. The highest BCUT2D eigenvalue weighted by molar-refractivity contribution is 5.57. The molecule has 0 saturated heterocycles. The number of nitrogens with two attached hydrogens (primary N) is 1. The van der Waals surface area contributed by atoms with Crippen LogP contribution in [0.2, 0.25) is 0 Å². The molecule has 1 unspecified atom stereocenters. The van der Waals surface area contributed by atoms with E-state index in [-0.39, 0.29) is 0 Å². The van der Waals surface area contributed by atoms with Crippen molar-refractivity contribution in [3.05, 3.63) is 29.4 Å². The van der Waals surface area contributed by atoms with Gasteiger partial charge in [0.25, 0.3) is 0 Å². The topological polar surface area (TPSA) is 92.6 Å². The van der Waals surface area contributed by atoms with Gasteiger partial charge in [-0.05, 0) is 12.1 Å². The van der Waals surface area contributed by atoms with Gasteiger partial charge in [0.15, 0.2) is 17.3 Å². The van der Waals surface area contributed by atoms with Gasteiger partial charge in [0.2, 0.25) is 11.6 Å². The Morgan fingerprint density at radius 3 is 2.38 bits per heavy atom. The normalized spacial score (nSPS) is 12.0. The highest BCUT2D eigenvalue weighted by Gasteiger charge is 2.24. The van der Waals surface area contributed by atoms with Crippen LogP contribution in [-0.2, 0) is 6.42 Å². The SMILES string of the molecule is CCc1nc(C(N)c2ccc(OC)c(OC)c2OC)no1. The summed E-state index contributed by atoms with van der Waals surface area (Å²) in [7, 11) is 4.64. The van der Waals surface area contributed by atoms with Gasteiger partial charge < -0.3 is 24.5 Å². The maximum atomic E-state index is 6.21. The second kappa shape index (κ2) is 6.45. The van der Waals surface area contributed by atoms with Crippen LogP contribution in [0.4, 0.5) is 0 Å². The summed E-state index contributed by atoms with van der Waals surface area (Å²) in [5.74, 6) is 2.48. The number of benzene rings is 1. The lowest BCUT2D eigenvalue weighted by molar-refractivity contribution is 0.321. The van der Waals surface area contributed by atoms with Crippen LogP contribution >= 0.6 is 0 Å². The van der Waals surface area contributed by atoms with Crippen LogP contribution in [0.1, 0.15) is 30.2 Å². The standard InChI is InChI=1S/C14H19N3O4/c1-5-10-16-14(17-21-10)11(15)8-6-7-9(18-2)13(20-4)12(8)19-3/h6-7,11H,5,15H2,1-4H3. The van der Waals surface area contributed by atoms with Gasteiger partial charge in [-0.3, -0.25) is 0 Å². The van der Waals surface area contributed by atoms with E-state index in [0.29, 0.717) is 40.9 Å². The van der Waals surface area contributed by atoms with Crippen molar-refractivity contribution < 1.29 is 18.7 Å². The van der Waals surface area contributed by atoms with Gasteiger partial charge >= 0.3 is 0 Å². The minimum absolute atomic E-state index is 0.400. The highest BCUT2D eigenvalue weighted by atomic mass is 16.5. The number of nitrogens with zero attached hydrogens (tertiary/aromatic N) is 2. The fourth-order valence-electron chi connectivity index (χ4n) is 2.05. The largest absolute Gasteiger partial charge is 0.493 e. The molecule has 114 valence electrons. The molecule has 0 saturated carbocycles. The van der Waals surface area contributed by atoms with Crippen molar-refractivity contribution >= 4 is 0 Å². The Morgan fingerprint density at radius 1 is 1.14 bits per heavy atom. The van der Waals surface area contributed by atoms with Crippen molar-refractivity contribution in [1.29, 1.82) is 0 Å². The molecule has 0 radical (unpaired) electrons. The molecule has 2 aromatic rings. The number of aryl methyl sites for hydroxylation is 1. The van der Waals surface area contributed by atoms with E-state index in [1.54, 1.807) is 33.5 Å². The first-order chi connectivity index (χ1) is 10.2. The minimum Gasteiger partial charge on any atom is -0.493 e. The Hall–Kier alpha value is -2.28. The lowest BCUT2D eigenvalue weighted by Gasteiger charge is -2.17. The molecular formula is C14H19N3O4. The fraction of sp³-hybridized carbons (Fsp3) is 0.429. The van der Waals surface area contributed by atoms with E-state index >= 15 is 0 Å². The van der Waals surface area contributed by atoms with E-state index in [1.807, 2.05) is 6.92 Å². The maximum absolute atomic E-state index is 6.21. The number of hydrogen-bond donors (Lipinski definition) is 1. The lowest BCUT2D eigenvalue weighted by atomic mass is 10.0. The van der Waals surface area contributed by atoms with E-state index < -0.39 is 6.04 Å². The van der Waals surface area contributed by atoms with Crippen LogP contribution in [0, 0.1) is 0 Å². The molecule has 0 aliphatic heterocycles. The van der Waals surface area contributed by atoms with E-state index in [9.17, 15) is 0 Å². The molecule has 7 nitrogen and oxygen atoms in total. The summed E-state index contributed by atoms with van der Waals surface area (Å²) >= 11 is 0. The molecule has 0 fully saturated rings. The van der Waals surface area contributed by atoms with Crippen LogP contribution in [-0.4, -0.2) is 31.5 Å². The summed E-state index contributed by atoms with van der Waals surface area (Å²) in [6.07, 6.45) is 0.656. The average molecular weight is 293 g/mol. The van der Waals surface area contributed by atoms with Crippen LogP contribution in [0.25, 0.3) is 0 Å². The van der Waals surface area contributed by atoms with Gasteiger partial charge in [-0.1, -0.05) is 12.1 Å².